The molecule has 3 nitrogen and oxygen atoms in total. The van der Waals surface area contributed by atoms with Gasteiger partial charge in [-0.05, 0) is 51.6 Å². The number of piperidine rings is 1. The minimum Gasteiger partial charge on any atom is -0.393 e. The van der Waals surface area contributed by atoms with Crippen LogP contribution in [-0.2, 0) is 4.74 Å². The molecular weight excluding hydrogens is 268 g/mol. The second-order valence-corrected chi connectivity index (χ2v) is 7.47. The summed E-state index contributed by atoms with van der Waals surface area (Å²) in [5, 5.41) is 0. The third-order valence-electron chi connectivity index (χ3n) is 5.56. The summed E-state index contributed by atoms with van der Waals surface area (Å²) < 4.78 is 6.47. The first kappa shape index (κ1) is 14.7. The van der Waals surface area contributed by atoms with E-state index in [0.717, 1.165) is 32.5 Å². The van der Waals surface area contributed by atoms with E-state index >= 15 is 0 Å². The van der Waals surface area contributed by atoms with Crippen molar-refractivity contribution in [3.8, 4) is 0 Å². The van der Waals surface area contributed by atoms with E-state index in [9.17, 15) is 0 Å². The molecule has 1 atom stereocenters. The number of hydrogen-bond donors (Lipinski definition) is 1. The van der Waals surface area contributed by atoms with Crippen LogP contribution in [0.5, 0.6) is 0 Å². The molecule has 2 N–H and O–H groups in total. The van der Waals surface area contributed by atoms with E-state index in [1.165, 1.54) is 44.9 Å². The SMILES string of the molecule is NC(=S)C1CCN(CC2CCC3(CCCCC3)O2)CC1. The van der Waals surface area contributed by atoms with Gasteiger partial charge in [-0.3, -0.25) is 0 Å². The van der Waals surface area contributed by atoms with Crippen LogP contribution in [0.4, 0.5) is 0 Å². The molecule has 3 rings (SSSR count). The summed E-state index contributed by atoms with van der Waals surface area (Å²) in [5.41, 5.74) is 6.02. The minimum atomic E-state index is 0.264. The van der Waals surface area contributed by atoms with Crippen LogP contribution >= 0.6 is 12.2 Å². The van der Waals surface area contributed by atoms with Gasteiger partial charge in [-0.2, -0.15) is 0 Å². The fourth-order valence-corrected chi connectivity index (χ4v) is 4.51. The van der Waals surface area contributed by atoms with Crippen molar-refractivity contribution in [2.45, 2.75) is 69.5 Å². The predicted octanol–water partition coefficient (Wildman–Crippen LogP) is 2.87. The summed E-state index contributed by atoms with van der Waals surface area (Å²) in [6.07, 6.45) is 12.0. The van der Waals surface area contributed by atoms with Crippen LogP contribution in [0.25, 0.3) is 0 Å². The van der Waals surface area contributed by atoms with E-state index in [4.69, 9.17) is 22.7 Å². The van der Waals surface area contributed by atoms with Crippen LogP contribution < -0.4 is 5.73 Å². The van der Waals surface area contributed by atoms with Crippen molar-refractivity contribution in [1.29, 1.82) is 0 Å². The average Bonchev–Trinajstić information content (AvgIpc) is 2.83. The van der Waals surface area contributed by atoms with E-state index in [-0.39, 0.29) is 5.60 Å². The lowest BCUT2D eigenvalue weighted by Crippen LogP contribution is -2.42. The number of ether oxygens (including phenoxy) is 1. The van der Waals surface area contributed by atoms with Crippen molar-refractivity contribution in [3.05, 3.63) is 0 Å². The Morgan fingerprint density at radius 1 is 1.10 bits per heavy atom. The molecule has 3 fully saturated rings. The number of nitrogens with zero attached hydrogens (tertiary/aromatic N) is 1. The summed E-state index contributed by atoms with van der Waals surface area (Å²) in [7, 11) is 0. The first-order valence-corrected chi connectivity index (χ1v) is 8.77. The highest BCUT2D eigenvalue weighted by Crippen LogP contribution is 2.42. The predicted molar refractivity (Wildman–Crippen MR) is 85.9 cm³/mol. The average molecular weight is 296 g/mol. The molecule has 1 unspecified atom stereocenters. The number of likely N-dealkylation sites (tertiary alicyclic amines) is 1. The van der Waals surface area contributed by atoms with Crippen molar-refractivity contribution in [2.24, 2.45) is 11.7 Å². The van der Waals surface area contributed by atoms with Crippen molar-refractivity contribution in [1.82, 2.24) is 4.90 Å². The number of nitrogens with two attached hydrogens (primary N) is 1. The summed E-state index contributed by atoms with van der Waals surface area (Å²) in [5.74, 6) is 0.468. The molecule has 3 aliphatic rings. The van der Waals surface area contributed by atoms with Gasteiger partial charge >= 0.3 is 0 Å². The zero-order valence-corrected chi connectivity index (χ0v) is 13.3. The quantitative estimate of drug-likeness (QED) is 0.813. The largest absolute Gasteiger partial charge is 0.393 e. The monoisotopic (exact) mass is 296 g/mol. The number of hydrogen-bond acceptors (Lipinski definition) is 3. The molecule has 4 heteroatoms. The van der Waals surface area contributed by atoms with Crippen LogP contribution in [0, 0.1) is 5.92 Å². The lowest BCUT2D eigenvalue weighted by atomic mass is 9.83. The molecule has 1 aliphatic carbocycles. The van der Waals surface area contributed by atoms with E-state index < -0.39 is 0 Å². The van der Waals surface area contributed by atoms with Crippen LogP contribution in [-0.4, -0.2) is 41.2 Å². The zero-order chi connectivity index (χ0) is 14.0. The van der Waals surface area contributed by atoms with Gasteiger partial charge in [0.05, 0.1) is 16.7 Å². The lowest BCUT2D eigenvalue weighted by Gasteiger charge is -2.36. The Labute approximate surface area is 128 Å². The van der Waals surface area contributed by atoms with Crippen molar-refractivity contribution in [2.75, 3.05) is 19.6 Å². The molecule has 0 aromatic rings. The molecule has 0 amide bonds. The highest BCUT2D eigenvalue weighted by molar-refractivity contribution is 7.80. The molecule has 1 saturated carbocycles. The summed E-state index contributed by atoms with van der Waals surface area (Å²) in [6.45, 7) is 3.38. The fraction of sp³-hybridized carbons (Fsp3) is 0.938. The van der Waals surface area contributed by atoms with Crippen LogP contribution in [0.1, 0.15) is 57.8 Å². The third kappa shape index (κ3) is 3.34. The Kier molecular flexibility index (Phi) is 4.63. The molecule has 2 saturated heterocycles. The Bertz CT molecular complexity index is 346. The van der Waals surface area contributed by atoms with E-state index in [2.05, 4.69) is 4.90 Å². The fourth-order valence-electron chi connectivity index (χ4n) is 4.28. The third-order valence-corrected chi connectivity index (χ3v) is 5.89. The first-order valence-electron chi connectivity index (χ1n) is 8.36. The summed E-state index contributed by atoms with van der Waals surface area (Å²) in [4.78, 5) is 3.27. The van der Waals surface area contributed by atoms with E-state index in [0.29, 0.717) is 17.0 Å². The van der Waals surface area contributed by atoms with Gasteiger partial charge in [0.1, 0.15) is 0 Å². The molecule has 20 heavy (non-hydrogen) atoms. The molecule has 0 aromatic heterocycles. The van der Waals surface area contributed by atoms with Gasteiger partial charge in [0.15, 0.2) is 0 Å². The second-order valence-electron chi connectivity index (χ2n) is 7.00. The smallest absolute Gasteiger partial charge is 0.0759 e. The van der Waals surface area contributed by atoms with Gasteiger partial charge in [0.2, 0.25) is 0 Å². The highest BCUT2D eigenvalue weighted by Gasteiger charge is 2.41. The summed E-state index contributed by atoms with van der Waals surface area (Å²) >= 11 is 5.11. The maximum Gasteiger partial charge on any atom is 0.0759 e. The van der Waals surface area contributed by atoms with Crippen molar-refractivity contribution in [3.63, 3.8) is 0 Å². The molecule has 0 aromatic carbocycles. The van der Waals surface area contributed by atoms with E-state index in [1.807, 2.05) is 0 Å². The molecule has 1 spiro atoms. The van der Waals surface area contributed by atoms with E-state index in [1.54, 1.807) is 0 Å². The minimum absolute atomic E-state index is 0.264. The van der Waals surface area contributed by atoms with Crippen LogP contribution in [0.2, 0.25) is 0 Å². The van der Waals surface area contributed by atoms with Crippen LogP contribution in [0.3, 0.4) is 0 Å². The number of thiocarbonyl (C=S) groups is 1. The zero-order valence-electron chi connectivity index (χ0n) is 12.5. The van der Waals surface area contributed by atoms with Gasteiger partial charge in [-0.25, -0.2) is 0 Å². The Hall–Kier alpha value is -0.190. The molecule has 2 aliphatic heterocycles. The molecule has 2 heterocycles. The second kappa shape index (κ2) is 6.29. The van der Waals surface area contributed by atoms with Crippen molar-refractivity contribution >= 4 is 17.2 Å². The number of rotatable bonds is 3. The van der Waals surface area contributed by atoms with Gasteiger partial charge in [-0.1, -0.05) is 31.5 Å². The maximum absolute atomic E-state index is 6.47. The lowest BCUT2D eigenvalue weighted by molar-refractivity contribution is -0.0731. The standard InChI is InChI=1S/C16H28N2OS/c17-15(20)13-5-10-18(11-6-13)12-14-4-9-16(19-14)7-2-1-3-8-16/h13-14H,1-12H2,(H2,17,20). The normalized spacial score (nSPS) is 31.7. The van der Waals surface area contributed by atoms with Gasteiger partial charge in [0.25, 0.3) is 0 Å². The molecule has 0 bridgehead atoms. The van der Waals surface area contributed by atoms with Gasteiger partial charge < -0.3 is 15.4 Å². The Balaban J connectivity index is 1.44. The first-order chi connectivity index (χ1) is 9.67. The van der Waals surface area contributed by atoms with Crippen molar-refractivity contribution < 1.29 is 4.74 Å². The maximum atomic E-state index is 6.47. The molecule has 0 radical (unpaired) electrons. The van der Waals surface area contributed by atoms with Gasteiger partial charge in [0, 0.05) is 12.5 Å². The molecule has 114 valence electrons. The Morgan fingerprint density at radius 2 is 1.80 bits per heavy atom. The molecular formula is C16H28N2OS. The Morgan fingerprint density at radius 3 is 2.45 bits per heavy atom. The topological polar surface area (TPSA) is 38.5 Å². The van der Waals surface area contributed by atoms with Crippen LogP contribution in [0.15, 0.2) is 0 Å². The summed E-state index contributed by atoms with van der Waals surface area (Å²) in [6, 6.07) is 0. The highest BCUT2D eigenvalue weighted by atomic mass is 32.1. The van der Waals surface area contributed by atoms with Gasteiger partial charge in [-0.15, -0.1) is 0 Å².